The van der Waals surface area contributed by atoms with Crippen LogP contribution in [0.3, 0.4) is 0 Å². The van der Waals surface area contributed by atoms with Gasteiger partial charge in [0, 0.05) is 6.08 Å². The minimum Gasteiger partial charge on any atom is -0.316 e. The third kappa shape index (κ3) is 2.81. The van der Waals surface area contributed by atoms with Gasteiger partial charge in [0.25, 0.3) is 5.91 Å². The van der Waals surface area contributed by atoms with Gasteiger partial charge in [-0.1, -0.05) is 18.2 Å². The third-order valence-corrected chi connectivity index (χ3v) is 2.59. The van der Waals surface area contributed by atoms with Crippen LogP contribution in [0.1, 0.15) is 20.8 Å². The van der Waals surface area contributed by atoms with Gasteiger partial charge in [-0.15, -0.1) is 0 Å². The van der Waals surface area contributed by atoms with Gasteiger partial charge in [0.2, 0.25) is 11.8 Å². The molecule has 5 nitrogen and oxygen atoms in total. The number of allylic oxidation sites excluding steroid dienone is 3. The maximum absolute atomic E-state index is 11.9. The first-order chi connectivity index (χ1) is 7.89. The molecule has 1 N–H and O–H groups in total. The molecule has 0 aromatic carbocycles. The second-order valence-corrected chi connectivity index (χ2v) is 4.25. The Hall–Kier alpha value is -1.91. The van der Waals surface area contributed by atoms with Crippen LogP contribution in [0.25, 0.3) is 0 Å². The van der Waals surface area contributed by atoms with E-state index >= 15 is 0 Å². The predicted octanol–water partition coefficient (Wildman–Crippen LogP) is 0.382. The molecule has 0 atom stereocenters. The van der Waals surface area contributed by atoms with Crippen molar-refractivity contribution in [3.8, 4) is 0 Å². The lowest BCUT2D eigenvalue weighted by molar-refractivity contribution is -0.153. The summed E-state index contributed by atoms with van der Waals surface area (Å²) < 4.78 is 0. The number of carbonyl (C=O) groups is 3. The molecule has 1 fully saturated rings. The molecule has 0 aromatic heterocycles. The molecule has 0 aromatic rings. The van der Waals surface area contributed by atoms with Crippen molar-refractivity contribution in [2.45, 2.75) is 26.3 Å². The van der Waals surface area contributed by atoms with Crippen LogP contribution in [0.4, 0.5) is 0 Å². The number of carbonyl (C=O) groups excluding carboxylic acids is 3. The Bertz CT molecular complexity index is 408. The average molecular weight is 236 g/mol. The van der Waals surface area contributed by atoms with Crippen LogP contribution >= 0.6 is 0 Å². The Kier molecular flexibility index (Phi) is 3.83. The van der Waals surface area contributed by atoms with Gasteiger partial charge in [0.05, 0.1) is 0 Å². The number of imide groups is 1. The molecular formula is C12H16N2O3. The highest BCUT2D eigenvalue weighted by atomic mass is 16.2. The Morgan fingerprint density at radius 3 is 2.59 bits per heavy atom. The molecule has 1 saturated heterocycles. The van der Waals surface area contributed by atoms with Crippen molar-refractivity contribution in [3.63, 3.8) is 0 Å². The average Bonchev–Trinajstić information content (AvgIpc) is 2.24. The van der Waals surface area contributed by atoms with Gasteiger partial charge in [-0.3, -0.25) is 19.7 Å². The second-order valence-electron chi connectivity index (χ2n) is 4.25. The highest BCUT2D eigenvalue weighted by molar-refractivity contribution is 6.07. The molecule has 0 aliphatic carbocycles. The highest BCUT2D eigenvalue weighted by Crippen LogP contribution is 2.18. The first kappa shape index (κ1) is 13.2. The summed E-state index contributed by atoms with van der Waals surface area (Å²) in [6.45, 7) is 4.95. The molecule has 0 radical (unpaired) electrons. The molecule has 0 bridgehead atoms. The number of nitrogens with one attached hydrogen (secondary N) is 1. The zero-order chi connectivity index (χ0) is 13.1. The summed E-state index contributed by atoms with van der Waals surface area (Å²) in [6.07, 6.45) is 6.41. The highest BCUT2D eigenvalue weighted by Gasteiger charge is 2.42. The molecule has 3 amide bonds. The lowest BCUT2D eigenvalue weighted by Gasteiger charge is -2.39. The number of hydrogen-bond acceptors (Lipinski definition) is 3. The van der Waals surface area contributed by atoms with Crippen LogP contribution in [-0.4, -0.2) is 34.7 Å². The summed E-state index contributed by atoms with van der Waals surface area (Å²) in [7, 11) is 0. The van der Waals surface area contributed by atoms with Gasteiger partial charge in [-0.05, 0) is 20.8 Å². The molecule has 1 heterocycles. The lowest BCUT2D eigenvalue weighted by atomic mass is 9.98. The number of nitrogens with zero attached hydrogens (tertiary/aromatic N) is 1. The minimum absolute atomic E-state index is 0.0995. The van der Waals surface area contributed by atoms with Crippen molar-refractivity contribution in [1.82, 2.24) is 10.2 Å². The third-order valence-electron chi connectivity index (χ3n) is 2.59. The summed E-state index contributed by atoms with van der Waals surface area (Å²) >= 11 is 0. The van der Waals surface area contributed by atoms with Gasteiger partial charge < -0.3 is 4.90 Å². The van der Waals surface area contributed by atoms with Gasteiger partial charge in [-0.25, -0.2) is 0 Å². The van der Waals surface area contributed by atoms with Crippen molar-refractivity contribution < 1.29 is 14.4 Å². The molecule has 1 aliphatic rings. The first-order valence-electron chi connectivity index (χ1n) is 5.35. The standard InChI is InChI=1S/C12H16N2O3/c1-4-5-6-7-10(16)14-8-9(15)13-11(17)12(14,2)3/h4-7H,8H2,1-3H3,(H,13,15,17). The number of amides is 3. The van der Waals surface area contributed by atoms with Crippen LogP contribution < -0.4 is 5.32 Å². The smallest absolute Gasteiger partial charge is 0.252 e. The normalized spacial score (nSPS) is 20.1. The number of rotatable bonds is 2. The molecule has 1 aliphatic heterocycles. The van der Waals surface area contributed by atoms with E-state index in [0.717, 1.165) is 0 Å². The minimum atomic E-state index is -1.01. The lowest BCUT2D eigenvalue weighted by Crippen LogP contribution is -2.65. The molecule has 17 heavy (non-hydrogen) atoms. The molecule has 0 unspecified atom stereocenters. The van der Waals surface area contributed by atoms with E-state index in [4.69, 9.17) is 0 Å². The largest absolute Gasteiger partial charge is 0.316 e. The van der Waals surface area contributed by atoms with Crippen molar-refractivity contribution in [1.29, 1.82) is 0 Å². The maximum atomic E-state index is 11.9. The van der Waals surface area contributed by atoms with Crippen molar-refractivity contribution in [3.05, 3.63) is 24.3 Å². The summed E-state index contributed by atoms with van der Waals surface area (Å²) in [5.74, 6) is -1.26. The van der Waals surface area contributed by atoms with Gasteiger partial charge in [0.15, 0.2) is 0 Å². The molecular weight excluding hydrogens is 220 g/mol. The Labute approximate surface area is 100 Å². The molecule has 5 heteroatoms. The van der Waals surface area contributed by atoms with Gasteiger partial charge in [0.1, 0.15) is 12.1 Å². The summed E-state index contributed by atoms with van der Waals surface area (Å²) in [6, 6.07) is 0. The Balaban J connectivity index is 2.90. The van der Waals surface area contributed by atoms with Crippen molar-refractivity contribution in [2.75, 3.05) is 6.54 Å². The van der Waals surface area contributed by atoms with Gasteiger partial charge >= 0.3 is 0 Å². The summed E-state index contributed by atoms with van der Waals surface area (Å²) in [4.78, 5) is 36.0. The van der Waals surface area contributed by atoms with E-state index in [2.05, 4.69) is 5.32 Å². The van der Waals surface area contributed by atoms with E-state index < -0.39 is 17.4 Å². The van der Waals surface area contributed by atoms with Crippen molar-refractivity contribution >= 4 is 17.7 Å². The Morgan fingerprint density at radius 2 is 2.00 bits per heavy atom. The van der Waals surface area contributed by atoms with E-state index in [1.54, 1.807) is 32.1 Å². The monoisotopic (exact) mass is 236 g/mol. The second kappa shape index (κ2) is 4.95. The predicted molar refractivity (Wildman–Crippen MR) is 62.9 cm³/mol. The quantitative estimate of drug-likeness (QED) is 0.428. The summed E-state index contributed by atoms with van der Waals surface area (Å²) in [5.41, 5.74) is -1.01. The SMILES string of the molecule is CC=CC=CC(=O)N1CC(=O)NC(=O)C1(C)C. The molecule has 0 saturated carbocycles. The van der Waals surface area contributed by atoms with E-state index in [0.29, 0.717) is 0 Å². The molecule has 1 rings (SSSR count). The van der Waals surface area contributed by atoms with Crippen LogP contribution in [-0.2, 0) is 14.4 Å². The van der Waals surface area contributed by atoms with E-state index in [1.807, 2.05) is 6.92 Å². The fourth-order valence-electron chi connectivity index (χ4n) is 1.48. The van der Waals surface area contributed by atoms with Crippen LogP contribution in [0, 0.1) is 0 Å². The fourth-order valence-corrected chi connectivity index (χ4v) is 1.48. The number of hydrogen-bond donors (Lipinski definition) is 1. The van der Waals surface area contributed by atoms with E-state index in [1.165, 1.54) is 11.0 Å². The topological polar surface area (TPSA) is 66.5 Å². The summed E-state index contributed by atoms with van der Waals surface area (Å²) in [5, 5.41) is 2.21. The molecule has 92 valence electrons. The maximum Gasteiger partial charge on any atom is 0.252 e. The first-order valence-corrected chi connectivity index (χ1v) is 5.35. The Morgan fingerprint density at radius 1 is 1.35 bits per heavy atom. The zero-order valence-electron chi connectivity index (χ0n) is 10.2. The zero-order valence-corrected chi connectivity index (χ0v) is 10.2. The van der Waals surface area contributed by atoms with E-state index in [-0.39, 0.29) is 12.5 Å². The molecule has 0 spiro atoms. The fraction of sp³-hybridized carbons (Fsp3) is 0.417. The van der Waals surface area contributed by atoms with Crippen LogP contribution in [0.15, 0.2) is 24.3 Å². The van der Waals surface area contributed by atoms with Crippen LogP contribution in [0.2, 0.25) is 0 Å². The van der Waals surface area contributed by atoms with Gasteiger partial charge in [-0.2, -0.15) is 0 Å². The van der Waals surface area contributed by atoms with E-state index in [9.17, 15) is 14.4 Å². The van der Waals surface area contributed by atoms with Crippen molar-refractivity contribution in [2.24, 2.45) is 0 Å². The van der Waals surface area contributed by atoms with Crippen LogP contribution in [0.5, 0.6) is 0 Å². The number of piperazine rings is 1.